The van der Waals surface area contributed by atoms with Crippen molar-refractivity contribution in [2.24, 2.45) is 12.0 Å². The van der Waals surface area contributed by atoms with E-state index in [2.05, 4.69) is 47.4 Å². The molecule has 2 heterocycles. The molecule has 1 aromatic heterocycles. The molecule has 1 aliphatic heterocycles. The maximum Gasteiger partial charge on any atom is 0.193 e. The molecular weight excluding hydrogens is 483 g/mol. The molecule has 2 rings (SSSR count). The summed E-state index contributed by atoms with van der Waals surface area (Å²) in [7, 11) is 7.86. The quantitative estimate of drug-likeness (QED) is 0.220. The third-order valence-corrected chi connectivity index (χ3v) is 5.07. The van der Waals surface area contributed by atoms with Gasteiger partial charge in [0, 0.05) is 58.8 Å². The first-order valence-electron chi connectivity index (χ1n) is 10.3. The van der Waals surface area contributed by atoms with Crippen molar-refractivity contribution in [2.45, 2.75) is 38.3 Å². The van der Waals surface area contributed by atoms with Crippen molar-refractivity contribution in [3.8, 4) is 0 Å². The molecule has 168 valence electrons. The highest BCUT2D eigenvalue weighted by molar-refractivity contribution is 14.0. The normalized spacial score (nSPS) is 16.8. The third kappa shape index (κ3) is 8.77. The summed E-state index contributed by atoms with van der Waals surface area (Å²) < 4.78 is 12.9. The van der Waals surface area contributed by atoms with Crippen LogP contribution in [-0.4, -0.2) is 92.2 Å². The molecule has 29 heavy (non-hydrogen) atoms. The Morgan fingerprint density at radius 3 is 2.62 bits per heavy atom. The van der Waals surface area contributed by atoms with Gasteiger partial charge in [0.15, 0.2) is 5.96 Å². The SMILES string of the molecule is CCNC(=NCC(c1cnn(C)c1)N(C)C)N1CCC(OCCCOC)CC1.I. The van der Waals surface area contributed by atoms with E-state index in [1.165, 1.54) is 5.56 Å². The van der Waals surface area contributed by atoms with Crippen LogP contribution in [0.3, 0.4) is 0 Å². The zero-order valence-corrected chi connectivity index (χ0v) is 21.0. The summed E-state index contributed by atoms with van der Waals surface area (Å²) in [6, 6.07) is 0.212. The molecule has 0 radical (unpaired) electrons. The maximum absolute atomic E-state index is 5.98. The number of rotatable bonds is 10. The second-order valence-corrected chi connectivity index (χ2v) is 7.52. The van der Waals surface area contributed by atoms with Gasteiger partial charge in [-0.3, -0.25) is 9.67 Å². The van der Waals surface area contributed by atoms with Crippen LogP contribution in [-0.2, 0) is 16.5 Å². The molecule has 1 atom stereocenters. The molecule has 1 fully saturated rings. The standard InChI is InChI=1S/C20H38N6O2.HI/c1-6-21-20(22-15-19(24(2)3)17-14-23-25(4)16-17)26-10-8-18(9-11-26)28-13-7-12-27-5;/h14,16,18-19H,6-13,15H2,1-5H3,(H,21,22);1H. The molecule has 0 aromatic carbocycles. The molecule has 1 N–H and O–H groups in total. The molecule has 0 aliphatic carbocycles. The molecular formula is C20H39IN6O2. The highest BCUT2D eigenvalue weighted by Gasteiger charge is 2.23. The van der Waals surface area contributed by atoms with Crippen molar-refractivity contribution in [3.05, 3.63) is 18.0 Å². The second-order valence-electron chi connectivity index (χ2n) is 7.52. The van der Waals surface area contributed by atoms with E-state index < -0.39 is 0 Å². The van der Waals surface area contributed by atoms with Crippen LogP contribution in [0.1, 0.15) is 37.8 Å². The number of likely N-dealkylation sites (tertiary alicyclic amines) is 1. The van der Waals surface area contributed by atoms with Gasteiger partial charge in [-0.15, -0.1) is 24.0 Å². The Bertz CT molecular complexity index is 587. The number of nitrogens with zero attached hydrogens (tertiary/aromatic N) is 5. The van der Waals surface area contributed by atoms with Crippen molar-refractivity contribution in [2.75, 3.05) is 60.6 Å². The van der Waals surface area contributed by atoms with Gasteiger partial charge in [0.1, 0.15) is 0 Å². The van der Waals surface area contributed by atoms with Crippen LogP contribution in [0, 0.1) is 0 Å². The molecule has 1 unspecified atom stereocenters. The predicted molar refractivity (Wildman–Crippen MR) is 128 cm³/mol. The summed E-state index contributed by atoms with van der Waals surface area (Å²) in [5.41, 5.74) is 1.19. The largest absolute Gasteiger partial charge is 0.385 e. The molecule has 8 nitrogen and oxygen atoms in total. The van der Waals surface area contributed by atoms with E-state index in [1.54, 1.807) is 7.11 Å². The molecule has 1 saturated heterocycles. The summed E-state index contributed by atoms with van der Waals surface area (Å²) in [4.78, 5) is 9.51. The van der Waals surface area contributed by atoms with E-state index in [1.807, 2.05) is 17.9 Å². The molecule has 1 aliphatic rings. The van der Waals surface area contributed by atoms with Gasteiger partial charge >= 0.3 is 0 Å². The fraction of sp³-hybridized carbons (Fsp3) is 0.800. The van der Waals surface area contributed by atoms with Gasteiger partial charge < -0.3 is 24.6 Å². The lowest BCUT2D eigenvalue weighted by Gasteiger charge is -2.34. The summed E-state index contributed by atoms with van der Waals surface area (Å²) in [5, 5.41) is 7.77. The first kappa shape index (κ1) is 26.1. The van der Waals surface area contributed by atoms with E-state index in [9.17, 15) is 0 Å². The van der Waals surface area contributed by atoms with Crippen LogP contribution >= 0.6 is 24.0 Å². The first-order valence-corrected chi connectivity index (χ1v) is 10.3. The Kier molecular flexibility index (Phi) is 12.8. The lowest BCUT2D eigenvalue weighted by Crippen LogP contribution is -2.47. The average Bonchev–Trinajstić information content (AvgIpc) is 3.11. The smallest absolute Gasteiger partial charge is 0.193 e. The maximum atomic E-state index is 5.98. The Hall–Kier alpha value is -0.910. The van der Waals surface area contributed by atoms with Crippen LogP contribution in [0.2, 0.25) is 0 Å². The van der Waals surface area contributed by atoms with Gasteiger partial charge in [-0.25, -0.2) is 0 Å². The fourth-order valence-corrected chi connectivity index (χ4v) is 3.47. The Morgan fingerprint density at radius 1 is 1.34 bits per heavy atom. The minimum Gasteiger partial charge on any atom is -0.385 e. The molecule has 1 aromatic rings. The monoisotopic (exact) mass is 522 g/mol. The lowest BCUT2D eigenvalue weighted by atomic mass is 10.1. The predicted octanol–water partition coefficient (Wildman–Crippen LogP) is 2.12. The number of piperidine rings is 1. The number of ether oxygens (including phenoxy) is 2. The molecule has 0 spiro atoms. The number of aliphatic imine (C=N–C) groups is 1. The first-order chi connectivity index (χ1) is 13.5. The van der Waals surface area contributed by atoms with Crippen LogP contribution in [0.25, 0.3) is 0 Å². The van der Waals surface area contributed by atoms with Gasteiger partial charge in [0.2, 0.25) is 0 Å². The van der Waals surface area contributed by atoms with Crippen LogP contribution in [0.15, 0.2) is 17.4 Å². The van der Waals surface area contributed by atoms with E-state index in [0.717, 1.165) is 58.1 Å². The number of methoxy groups -OCH3 is 1. The van der Waals surface area contributed by atoms with Gasteiger partial charge in [-0.2, -0.15) is 5.10 Å². The highest BCUT2D eigenvalue weighted by atomic mass is 127. The van der Waals surface area contributed by atoms with Crippen molar-refractivity contribution in [1.82, 2.24) is 24.9 Å². The number of likely N-dealkylation sites (N-methyl/N-ethyl adjacent to an activating group) is 1. The van der Waals surface area contributed by atoms with Crippen molar-refractivity contribution >= 4 is 29.9 Å². The summed E-state index contributed by atoms with van der Waals surface area (Å²) in [5.74, 6) is 0.996. The number of hydrogen-bond acceptors (Lipinski definition) is 5. The van der Waals surface area contributed by atoms with E-state index in [4.69, 9.17) is 14.5 Å². The van der Waals surface area contributed by atoms with Gasteiger partial charge in [-0.1, -0.05) is 0 Å². The minimum absolute atomic E-state index is 0. The number of aromatic nitrogens is 2. The Morgan fingerprint density at radius 2 is 2.07 bits per heavy atom. The summed E-state index contributed by atoms with van der Waals surface area (Å²) in [6.45, 7) is 7.18. The Balaban J connectivity index is 0.00000420. The van der Waals surface area contributed by atoms with Crippen LogP contribution in [0.4, 0.5) is 0 Å². The lowest BCUT2D eigenvalue weighted by molar-refractivity contribution is 0.00989. The van der Waals surface area contributed by atoms with E-state index in [-0.39, 0.29) is 30.0 Å². The van der Waals surface area contributed by atoms with Gasteiger partial charge in [0.25, 0.3) is 0 Å². The fourth-order valence-electron chi connectivity index (χ4n) is 3.47. The Labute approximate surface area is 193 Å². The second kappa shape index (κ2) is 14.2. The van der Waals surface area contributed by atoms with E-state index in [0.29, 0.717) is 12.6 Å². The van der Waals surface area contributed by atoms with Gasteiger partial charge in [0.05, 0.1) is 24.9 Å². The zero-order valence-electron chi connectivity index (χ0n) is 18.6. The summed E-state index contributed by atoms with van der Waals surface area (Å²) in [6.07, 6.45) is 7.38. The average molecular weight is 522 g/mol. The van der Waals surface area contributed by atoms with Gasteiger partial charge in [-0.05, 0) is 40.3 Å². The molecule has 9 heteroatoms. The van der Waals surface area contributed by atoms with Crippen molar-refractivity contribution in [1.29, 1.82) is 0 Å². The number of guanidine groups is 1. The summed E-state index contributed by atoms with van der Waals surface area (Å²) >= 11 is 0. The minimum atomic E-state index is 0. The zero-order chi connectivity index (χ0) is 20.4. The number of halogens is 1. The van der Waals surface area contributed by atoms with E-state index >= 15 is 0 Å². The number of nitrogens with one attached hydrogen (secondary N) is 1. The topological polar surface area (TPSA) is 67.2 Å². The number of aryl methyl sites for hydroxylation is 1. The van der Waals surface area contributed by atoms with Crippen molar-refractivity contribution < 1.29 is 9.47 Å². The molecule has 0 bridgehead atoms. The van der Waals surface area contributed by atoms with Crippen LogP contribution in [0.5, 0.6) is 0 Å². The molecule has 0 amide bonds. The molecule has 0 saturated carbocycles. The third-order valence-electron chi connectivity index (χ3n) is 5.07. The highest BCUT2D eigenvalue weighted by Crippen LogP contribution is 2.19. The van der Waals surface area contributed by atoms with Crippen LogP contribution < -0.4 is 5.32 Å². The van der Waals surface area contributed by atoms with Crippen molar-refractivity contribution in [3.63, 3.8) is 0 Å². The number of hydrogen-bond donors (Lipinski definition) is 1.